The van der Waals surface area contributed by atoms with Crippen molar-refractivity contribution in [2.45, 2.75) is 44.7 Å². The Morgan fingerprint density at radius 1 is 1.17 bits per heavy atom. The first kappa shape index (κ1) is 18.0. The van der Waals surface area contributed by atoms with Crippen molar-refractivity contribution in [1.82, 2.24) is 9.80 Å². The Bertz CT molecular complexity index is 582. The lowest BCUT2D eigenvalue weighted by Gasteiger charge is -2.40. The highest BCUT2D eigenvalue weighted by Gasteiger charge is 2.30. The highest BCUT2D eigenvalue weighted by molar-refractivity contribution is 6.44. The van der Waals surface area contributed by atoms with Crippen LogP contribution in [-0.2, 0) is 4.79 Å². The van der Waals surface area contributed by atoms with Crippen molar-refractivity contribution >= 4 is 34.8 Å². The number of hydrogen-bond acceptors (Lipinski definition) is 3. The van der Waals surface area contributed by atoms with E-state index in [0.29, 0.717) is 15.7 Å². The zero-order chi connectivity index (χ0) is 17.1. The van der Waals surface area contributed by atoms with E-state index in [0.717, 1.165) is 32.2 Å². The molecule has 2 aliphatic rings. The molecule has 132 valence electrons. The van der Waals surface area contributed by atoms with Gasteiger partial charge in [0.05, 0.1) is 21.8 Å². The third-order valence-electron chi connectivity index (χ3n) is 5.33. The number of halogens is 2. The van der Waals surface area contributed by atoms with Crippen LogP contribution in [0.1, 0.15) is 32.6 Å². The molecule has 3 rings (SSSR count). The minimum Gasteiger partial charge on any atom is -0.323 e. The molecule has 1 aliphatic carbocycles. The van der Waals surface area contributed by atoms with Crippen molar-refractivity contribution in [3.05, 3.63) is 28.2 Å². The molecule has 1 aromatic carbocycles. The fourth-order valence-corrected chi connectivity index (χ4v) is 4.11. The number of amides is 1. The van der Waals surface area contributed by atoms with Crippen LogP contribution in [0.2, 0.25) is 10.0 Å². The summed E-state index contributed by atoms with van der Waals surface area (Å²) in [6.45, 7) is 5.95. The van der Waals surface area contributed by atoms with Gasteiger partial charge in [-0.3, -0.25) is 14.6 Å². The Morgan fingerprint density at radius 3 is 2.50 bits per heavy atom. The number of piperazine rings is 1. The first-order valence-electron chi connectivity index (χ1n) is 8.79. The SMILES string of the molecule is CC(C(=O)Nc1cccc(Cl)c1Cl)N1CCN(C2CCCC2)CC1. The molecule has 0 radical (unpaired) electrons. The van der Waals surface area contributed by atoms with E-state index in [1.54, 1.807) is 18.2 Å². The lowest BCUT2D eigenvalue weighted by atomic mass is 10.1. The number of rotatable bonds is 4. The second-order valence-electron chi connectivity index (χ2n) is 6.78. The summed E-state index contributed by atoms with van der Waals surface area (Å²) in [6, 6.07) is 5.86. The van der Waals surface area contributed by atoms with Gasteiger partial charge in [-0.15, -0.1) is 0 Å². The number of anilines is 1. The number of benzene rings is 1. The molecule has 1 N–H and O–H groups in total. The van der Waals surface area contributed by atoms with Crippen LogP contribution in [0.15, 0.2) is 18.2 Å². The Kier molecular flexibility index (Phi) is 6.03. The van der Waals surface area contributed by atoms with Gasteiger partial charge in [-0.05, 0) is 31.9 Å². The topological polar surface area (TPSA) is 35.6 Å². The molecule has 6 heteroatoms. The highest BCUT2D eigenvalue weighted by atomic mass is 35.5. The van der Waals surface area contributed by atoms with E-state index in [9.17, 15) is 4.79 Å². The summed E-state index contributed by atoms with van der Waals surface area (Å²) in [6.07, 6.45) is 5.40. The maximum Gasteiger partial charge on any atom is 0.241 e. The molecular weight excluding hydrogens is 345 g/mol. The molecule has 0 bridgehead atoms. The molecule has 1 atom stereocenters. The molecule has 1 saturated carbocycles. The van der Waals surface area contributed by atoms with E-state index in [4.69, 9.17) is 23.2 Å². The quantitative estimate of drug-likeness (QED) is 0.874. The summed E-state index contributed by atoms with van der Waals surface area (Å²) in [5.74, 6) is -0.0338. The molecule has 24 heavy (non-hydrogen) atoms. The zero-order valence-electron chi connectivity index (χ0n) is 14.1. The van der Waals surface area contributed by atoms with Crippen molar-refractivity contribution < 1.29 is 4.79 Å². The first-order valence-corrected chi connectivity index (χ1v) is 9.55. The van der Waals surface area contributed by atoms with Gasteiger partial charge in [0, 0.05) is 32.2 Å². The summed E-state index contributed by atoms with van der Waals surface area (Å²) in [7, 11) is 0. The van der Waals surface area contributed by atoms with Crippen molar-refractivity contribution in [3.63, 3.8) is 0 Å². The van der Waals surface area contributed by atoms with E-state index >= 15 is 0 Å². The third-order valence-corrected chi connectivity index (χ3v) is 6.15. The lowest BCUT2D eigenvalue weighted by Crippen LogP contribution is -2.54. The highest BCUT2D eigenvalue weighted by Crippen LogP contribution is 2.30. The number of nitrogens with zero attached hydrogens (tertiary/aromatic N) is 2. The summed E-state index contributed by atoms with van der Waals surface area (Å²) < 4.78 is 0. The molecule has 0 aromatic heterocycles. The van der Waals surface area contributed by atoms with Gasteiger partial charge in [-0.25, -0.2) is 0 Å². The molecule has 1 amide bonds. The van der Waals surface area contributed by atoms with Gasteiger partial charge in [-0.1, -0.05) is 42.1 Å². The summed E-state index contributed by atoms with van der Waals surface area (Å²) in [5.41, 5.74) is 0.575. The van der Waals surface area contributed by atoms with Crippen LogP contribution in [0, 0.1) is 0 Å². The molecule has 1 saturated heterocycles. The van der Waals surface area contributed by atoms with Gasteiger partial charge in [0.1, 0.15) is 0 Å². The molecule has 0 spiro atoms. The first-order chi connectivity index (χ1) is 11.6. The molecule has 4 nitrogen and oxygen atoms in total. The molecule has 1 aromatic rings. The monoisotopic (exact) mass is 369 g/mol. The van der Waals surface area contributed by atoms with Crippen LogP contribution >= 0.6 is 23.2 Å². The summed E-state index contributed by atoms with van der Waals surface area (Å²) >= 11 is 12.2. The average molecular weight is 370 g/mol. The maximum atomic E-state index is 12.5. The van der Waals surface area contributed by atoms with Gasteiger partial charge in [0.25, 0.3) is 0 Å². The fourth-order valence-electron chi connectivity index (χ4n) is 3.76. The fraction of sp³-hybridized carbons (Fsp3) is 0.611. The van der Waals surface area contributed by atoms with Crippen molar-refractivity contribution in [1.29, 1.82) is 0 Å². The van der Waals surface area contributed by atoms with E-state index in [1.807, 2.05) is 6.92 Å². The molecule has 1 unspecified atom stereocenters. The van der Waals surface area contributed by atoms with Gasteiger partial charge >= 0.3 is 0 Å². The van der Waals surface area contributed by atoms with Crippen molar-refractivity contribution in [2.75, 3.05) is 31.5 Å². The van der Waals surface area contributed by atoms with E-state index in [1.165, 1.54) is 25.7 Å². The second-order valence-corrected chi connectivity index (χ2v) is 7.56. The number of hydrogen-bond donors (Lipinski definition) is 1. The van der Waals surface area contributed by atoms with Crippen LogP contribution in [0.25, 0.3) is 0 Å². The minimum absolute atomic E-state index is 0.0338. The summed E-state index contributed by atoms with van der Waals surface area (Å²) in [5, 5.41) is 3.75. The smallest absolute Gasteiger partial charge is 0.241 e. The summed E-state index contributed by atoms with van der Waals surface area (Å²) in [4.78, 5) is 17.4. The van der Waals surface area contributed by atoms with Gasteiger partial charge in [-0.2, -0.15) is 0 Å². The predicted molar refractivity (Wildman–Crippen MR) is 100.0 cm³/mol. The van der Waals surface area contributed by atoms with Crippen LogP contribution in [-0.4, -0.2) is 54.0 Å². The van der Waals surface area contributed by atoms with Crippen molar-refractivity contribution in [3.8, 4) is 0 Å². The average Bonchev–Trinajstić information content (AvgIpc) is 3.13. The Hall–Kier alpha value is -0.810. The lowest BCUT2D eigenvalue weighted by molar-refractivity contribution is -0.121. The predicted octanol–water partition coefficient (Wildman–Crippen LogP) is 3.88. The van der Waals surface area contributed by atoms with Crippen LogP contribution < -0.4 is 5.32 Å². The van der Waals surface area contributed by atoms with Crippen LogP contribution in [0.5, 0.6) is 0 Å². The molecular formula is C18H25Cl2N3O. The number of nitrogens with one attached hydrogen (secondary N) is 1. The van der Waals surface area contributed by atoms with Gasteiger partial charge < -0.3 is 5.32 Å². The Morgan fingerprint density at radius 2 is 1.83 bits per heavy atom. The third kappa shape index (κ3) is 4.05. The number of carbonyl (C=O) groups excluding carboxylic acids is 1. The number of carbonyl (C=O) groups is 1. The molecule has 1 heterocycles. The molecule has 2 fully saturated rings. The standard InChI is InChI=1S/C18H25Cl2N3O/c1-13(18(24)21-16-8-4-7-15(19)17(16)20)22-9-11-23(12-10-22)14-5-2-3-6-14/h4,7-8,13-14H,2-3,5-6,9-12H2,1H3,(H,21,24). The zero-order valence-corrected chi connectivity index (χ0v) is 15.6. The van der Waals surface area contributed by atoms with E-state index in [-0.39, 0.29) is 11.9 Å². The largest absolute Gasteiger partial charge is 0.323 e. The maximum absolute atomic E-state index is 12.5. The van der Waals surface area contributed by atoms with Crippen LogP contribution in [0.4, 0.5) is 5.69 Å². The van der Waals surface area contributed by atoms with Crippen LogP contribution in [0.3, 0.4) is 0 Å². The van der Waals surface area contributed by atoms with Gasteiger partial charge in [0.15, 0.2) is 0 Å². The minimum atomic E-state index is -0.175. The molecule has 1 aliphatic heterocycles. The second kappa shape index (κ2) is 8.05. The van der Waals surface area contributed by atoms with E-state index < -0.39 is 0 Å². The Labute approximate surface area is 154 Å². The normalized spacial score (nSPS) is 21.8. The van der Waals surface area contributed by atoms with Crippen molar-refractivity contribution in [2.24, 2.45) is 0 Å². The van der Waals surface area contributed by atoms with E-state index in [2.05, 4.69) is 15.1 Å². The van der Waals surface area contributed by atoms with Gasteiger partial charge in [0.2, 0.25) is 5.91 Å². The Balaban J connectivity index is 1.53.